The van der Waals surface area contributed by atoms with Crippen LogP contribution in [-0.4, -0.2) is 36.4 Å². The third-order valence-electron chi connectivity index (χ3n) is 19.3. The largest absolute Gasteiger partial charge is 1.00 e. The van der Waals surface area contributed by atoms with Crippen molar-refractivity contribution in [3.05, 3.63) is 23.8 Å². The maximum atomic E-state index is 13.6. The summed E-state index contributed by atoms with van der Waals surface area (Å²) in [4.78, 5) is 39.5. The van der Waals surface area contributed by atoms with Gasteiger partial charge in [-0.3, -0.25) is 14.2 Å². The predicted molar refractivity (Wildman–Crippen MR) is 244 cm³/mol. The molecule has 0 N–H and O–H groups in total. The number of esters is 2. The molecule has 7 rings (SSSR count). The summed E-state index contributed by atoms with van der Waals surface area (Å²) in [5, 5.41) is 0. The van der Waals surface area contributed by atoms with Gasteiger partial charge in [-0.1, -0.05) is 100 Å². The van der Waals surface area contributed by atoms with Crippen LogP contribution in [0.3, 0.4) is 0 Å². The molecular formula is C53H86NaO8P. The molecule has 0 spiro atoms. The second kappa shape index (κ2) is 21.4. The molecule has 4 saturated carbocycles. The Morgan fingerprint density at radius 1 is 0.889 bits per heavy atom. The molecule has 10 heteroatoms. The van der Waals surface area contributed by atoms with Gasteiger partial charge in [0.05, 0.1) is 24.5 Å². The van der Waals surface area contributed by atoms with Crippen LogP contribution in [0.2, 0.25) is 0 Å². The van der Waals surface area contributed by atoms with Crippen LogP contribution in [0.15, 0.2) is 23.8 Å². The summed E-state index contributed by atoms with van der Waals surface area (Å²) in [6, 6.07) is 0. The summed E-state index contributed by atoms with van der Waals surface area (Å²) in [7, 11) is -4.68. The minimum atomic E-state index is -4.68. The van der Waals surface area contributed by atoms with E-state index in [1.807, 2.05) is 13.8 Å². The Labute approximate surface area is 405 Å². The number of phosphoric ester groups is 1. The van der Waals surface area contributed by atoms with Gasteiger partial charge in [0, 0.05) is 12.3 Å². The van der Waals surface area contributed by atoms with Gasteiger partial charge < -0.3 is 23.4 Å². The van der Waals surface area contributed by atoms with Crippen molar-refractivity contribution < 1.29 is 67.1 Å². The van der Waals surface area contributed by atoms with E-state index >= 15 is 0 Å². The maximum absolute atomic E-state index is 13.6. The van der Waals surface area contributed by atoms with Crippen LogP contribution >= 0.6 is 7.82 Å². The minimum Gasteiger partial charge on any atom is -0.756 e. The van der Waals surface area contributed by atoms with Crippen LogP contribution < -0.4 is 34.5 Å². The monoisotopic (exact) mass is 905 g/mol. The number of hydrogen-bond acceptors (Lipinski definition) is 8. The molecule has 0 bridgehead atoms. The third kappa shape index (κ3) is 11.4. The topological polar surface area (TPSA) is 111 Å². The van der Waals surface area contributed by atoms with Gasteiger partial charge in [0.1, 0.15) is 12.2 Å². The van der Waals surface area contributed by atoms with Gasteiger partial charge in [0.2, 0.25) is 0 Å². The van der Waals surface area contributed by atoms with E-state index in [0.29, 0.717) is 36.0 Å². The van der Waals surface area contributed by atoms with Crippen molar-refractivity contribution in [3.63, 3.8) is 0 Å². The number of rotatable bonds is 16. The molecule has 1 heterocycles. The Morgan fingerprint density at radius 2 is 1.60 bits per heavy atom. The number of hydrogen-bond donors (Lipinski definition) is 0. The van der Waals surface area contributed by atoms with E-state index < -0.39 is 26.0 Å². The maximum Gasteiger partial charge on any atom is 1.00 e. The Bertz CT molecular complexity index is 1680. The number of carbonyl (C=O) groups is 2. The average molecular weight is 905 g/mol. The molecule has 1 saturated heterocycles. The van der Waals surface area contributed by atoms with E-state index in [1.54, 1.807) is 0 Å². The van der Waals surface area contributed by atoms with Crippen LogP contribution in [0.5, 0.6) is 0 Å². The standard InChI is InChI=1S/C53H87O8P.Na/c1-11-34(6)51(55)59-48-28-33(5)27-38-16-13-35(7)43(50(38)48)20-18-40-30-42(31-49(54)58-40)61-62(56,57)60-41-23-25-52(9)39(29-41)17-19-44-46-22-21-45(53(46,10)26-24-47(44)52)36(8)14-15-37(12-2)32(3)4;/h13,16,27,32-37,39-48,50H,11-12,14-15,17-26,28-31H2,1-10H3,(H,56,57);/q;+1/p-1/t33-,34-,35-,36+,37-,39-,40+,41?,42?,43-,44-,45?,46-,47-,48-,50-,52-,53+;/m0./s1. The smallest absolute Gasteiger partial charge is 0.756 e. The Kier molecular flexibility index (Phi) is 17.7. The molecule has 0 radical (unpaired) electrons. The van der Waals surface area contributed by atoms with Crippen molar-refractivity contribution in [1.82, 2.24) is 0 Å². The van der Waals surface area contributed by atoms with Gasteiger partial charge in [-0.25, -0.2) is 0 Å². The van der Waals surface area contributed by atoms with Crippen LogP contribution in [0.4, 0.5) is 0 Å². The molecule has 63 heavy (non-hydrogen) atoms. The summed E-state index contributed by atoms with van der Waals surface area (Å²) < 4.78 is 37.4. The molecule has 7 aliphatic rings. The van der Waals surface area contributed by atoms with Crippen molar-refractivity contribution in [2.75, 3.05) is 0 Å². The summed E-state index contributed by atoms with van der Waals surface area (Å²) in [5.41, 5.74) is 1.90. The summed E-state index contributed by atoms with van der Waals surface area (Å²) >= 11 is 0. The zero-order valence-corrected chi connectivity index (χ0v) is 44.4. The predicted octanol–water partition coefficient (Wildman–Crippen LogP) is 9.83. The number of carbonyl (C=O) groups excluding carboxylic acids is 2. The number of cyclic esters (lactones) is 1. The molecule has 6 aliphatic carbocycles. The van der Waals surface area contributed by atoms with Crippen LogP contribution in [0.1, 0.15) is 185 Å². The van der Waals surface area contributed by atoms with E-state index in [9.17, 15) is 19.0 Å². The fourth-order valence-electron chi connectivity index (χ4n) is 15.5. The van der Waals surface area contributed by atoms with Gasteiger partial charge in [0.15, 0.2) is 0 Å². The quantitative estimate of drug-likeness (QED) is 0.0856. The fourth-order valence-corrected chi connectivity index (χ4v) is 16.6. The molecule has 352 valence electrons. The summed E-state index contributed by atoms with van der Waals surface area (Å²) in [6.45, 7) is 23.3. The van der Waals surface area contributed by atoms with E-state index in [0.717, 1.165) is 80.5 Å². The Balaban J connectivity index is 0.00000661. The Hall–Kier alpha value is -0.470. The average Bonchev–Trinajstić information content (AvgIpc) is 3.57. The van der Waals surface area contributed by atoms with E-state index in [1.165, 1.54) is 56.9 Å². The SMILES string of the molecule is CC[C@@H](CC[C@@H](C)C1CC[C@H]2[C@@H]3CC[C@H]4CC(OP(=O)([O-])OC5CC(=O)O[C@H](CC[C@@H]6[C@@H]7C(=C[C@H](C)C[C@@H]7OC(=O)[C@@H](C)CC)C=C[C@@H]6C)C5)CC[C@]4(C)[C@H]3CC[C@]12C)C(C)C.[Na+]. The third-order valence-corrected chi connectivity index (χ3v) is 20.4. The molecule has 0 aromatic rings. The van der Waals surface area contributed by atoms with Crippen LogP contribution in [0.25, 0.3) is 0 Å². The van der Waals surface area contributed by atoms with Crippen molar-refractivity contribution in [1.29, 1.82) is 0 Å². The second-order valence-electron chi connectivity index (χ2n) is 23.2. The number of phosphoric acid groups is 1. The second-order valence-corrected chi connectivity index (χ2v) is 24.5. The van der Waals surface area contributed by atoms with Gasteiger partial charge in [-0.05, 0) is 171 Å². The molecule has 0 amide bonds. The normalized spacial score (nSPS) is 42.2. The first kappa shape index (κ1) is 51.9. The molecule has 19 atom stereocenters. The fraction of sp³-hybridized carbons (Fsp3) is 0.887. The first-order chi connectivity index (χ1) is 29.3. The van der Waals surface area contributed by atoms with Gasteiger partial charge in [-0.2, -0.15) is 0 Å². The van der Waals surface area contributed by atoms with Crippen molar-refractivity contribution >= 4 is 19.8 Å². The van der Waals surface area contributed by atoms with E-state index in [-0.39, 0.29) is 83.2 Å². The van der Waals surface area contributed by atoms with Crippen LogP contribution in [0, 0.1) is 87.8 Å². The number of allylic oxidation sites excluding steroid dienone is 3. The molecule has 0 aromatic heterocycles. The minimum absolute atomic E-state index is 0. The van der Waals surface area contributed by atoms with E-state index in [2.05, 4.69) is 73.6 Å². The first-order valence-corrected chi connectivity index (χ1v) is 27.3. The van der Waals surface area contributed by atoms with Crippen molar-refractivity contribution in [3.8, 4) is 0 Å². The van der Waals surface area contributed by atoms with Gasteiger partial charge in [-0.15, -0.1) is 0 Å². The molecule has 1 aliphatic heterocycles. The zero-order chi connectivity index (χ0) is 44.7. The van der Waals surface area contributed by atoms with Gasteiger partial charge in [0.25, 0.3) is 7.82 Å². The number of fused-ring (bicyclic) bond motifs is 6. The van der Waals surface area contributed by atoms with Crippen molar-refractivity contribution in [2.45, 2.75) is 209 Å². The van der Waals surface area contributed by atoms with Crippen molar-refractivity contribution in [2.24, 2.45) is 87.8 Å². The summed E-state index contributed by atoms with van der Waals surface area (Å²) in [6.07, 6.45) is 22.4. The molecule has 0 aromatic carbocycles. The molecule has 5 fully saturated rings. The van der Waals surface area contributed by atoms with Gasteiger partial charge >= 0.3 is 41.5 Å². The number of ether oxygens (including phenoxy) is 2. The Morgan fingerprint density at radius 3 is 2.32 bits per heavy atom. The van der Waals surface area contributed by atoms with E-state index in [4.69, 9.17) is 18.5 Å². The van der Waals surface area contributed by atoms with Crippen LogP contribution in [-0.2, 0) is 32.7 Å². The summed E-state index contributed by atoms with van der Waals surface area (Å²) in [5.74, 6) is 6.14. The first-order valence-electron chi connectivity index (χ1n) is 25.8. The molecular weight excluding hydrogens is 819 g/mol. The zero-order valence-electron chi connectivity index (χ0n) is 41.5. The molecule has 8 nitrogen and oxygen atoms in total. The molecule has 4 unspecified atom stereocenters.